The molecule has 1 aromatic heterocycles. The average molecular weight is 507 g/mol. The van der Waals surface area contributed by atoms with Gasteiger partial charge in [-0.05, 0) is 40.6 Å². The summed E-state index contributed by atoms with van der Waals surface area (Å²) in [5.74, 6) is 0.306. The minimum absolute atomic E-state index is 0.00425. The van der Waals surface area contributed by atoms with Crippen LogP contribution in [0, 0.1) is 6.92 Å². The van der Waals surface area contributed by atoms with Crippen LogP contribution >= 0.6 is 0 Å². The lowest BCUT2D eigenvalue weighted by atomic mass is 10.1. The van der Waals surface area contributed by atoms with Crippen LogP contribution in [0.2, 0.25) is 0 Å². The van der Waals surface area contributed by atoms with Crippen LogP contribution in [0.5, 0.6) is 5.75 Å². The van der Waals surface area contributed by atoms with Crippen LogP contribution in [0.25, 0.3) is 22.2 Å². The number of amides is 2. The second-order valence-electron chi connectivity index (χ2n) is 8.36. The van der Waals surface area contributed by atoms with Gasteiger partial charge < -0.3 is 9.26 Å². The maximum Gasteiger partial charge on any atom is 0.244 e. The van der Waals surface area contributed by atoms with Crippen LogP contribution in [0.1, 0.15) is 11.5 Å². The number of aryl methyl sites for hydroxylation is 1. The number of hydrogen-bond donors (Lipinski definition) is 0. The van der Waals surface area contributed by atoms with Gasteiger partial charge >= 0.3 is 0 Å². The molecule has 11 heteroatoms. The summed E-state index contributed by atoms with van der Waals surface area (Å²) in [6.45, 7) is 0.876. The molecule has 1 aliphatic heterocycles. The molecule has 0 atom stereocenters. The number of piperazine rings is 1. The number of carbonyl (C=O) groups is 2. The van der Waals surface area contributed by atoms with Crippen LogP contribution < -0.4 is 4.74 Å². The molecule has 10 nitrogen and oxygen atoms in total. The van der Waals surface area contributed by atoms with Crippen molar-refractivity contribution in [1.29, 1.82) is 0 Å². The normalized spacial score (nSPS) is 15.0. The minimum atomic E-state index is -4.07. The average Bonchev–Trinajstić information content (AvgIpc) is 3.31. The summed E-state index contributed by atoms with van der Waals surface area (Å²) < 4.78 is 37.6. The molecule has 0 radical (unpaired) electrons. The number of methoxy groups -OCH3 is 1. The minimum Gasteiger partial charge on any atom is -0.497 e. The highest BCUT2D eigenvalue weighted by atomic mass is 32.2. The standard InChI is InChI=1S/C25H22N4O6S/c1-16-26-25(27-35-16)19-5-3-17(4-6-19)13-29-23(30)14-28(15-24(29)31)36(32,33)22-10-8-18-7-9-21(34-2)11-20(18)12-22/h3-12H,13-15H2,1-2H3. The molecule has 2 heterocycles. The molecule has 0 saturated carbocycles. The largest absolute Gasteiger partial charge is 0.497 e. The van der Waals surface area contributed by atoms with E-state index in [0.717, 1.165) is 20.2 Å². The first kappa shape index (κ1) is 23.6. The molecule has 0 aliphatic carbocycles. The van der Waals surface area contributed by atoms with Gasteiger partial charge in [-0.1, -0.05) is 41.6 Å². The van der Waals surface area contributed by atoms with Crippen LogP contribution in [0.4, 0.5) is 0 Å². The Bertz CT molecular complexity index is 1560. The number of benzene rings is 3. The van der Waals surface area contributed by atoms with E-state index in [0.29, 0.717) is 28.4 Å². The molecule has 5 rings (SSSR count). The lowest BCUT2D eigenvalue weighted by Crippen LogP contribution is -2.54. The first-order chi connectivity index (χ1) is 17.2. The van der Waals surface area contributed by atoms with Gasteiger partial charge in [0.2, 0.25) is 33.6 Å². The van der Waals surface area contributed by atoms with Crippen molar-refractivity contribution >= 4 is 32.6 Å². The fourth-order valence-corrected chi connectivity index (χ4v) is 5.39. The highest BCUT2D eigenvalue weighted by Crippen LogP contribution is 2.26. The summed E-state index contributed by atoms with van der Waals surface area (Å²) in [5, 5.41) is 5.38. The van der Waals surface area contributed by atoms with Gasteiger partial charge in [-0.3, -0.25) is 14.5 Å². The number of ether oxygens (including phenoxy) is 1. The third kappa shape index (κ3) is 4.45. The molecule has 0 unspecified atom stereocenters. The molecular formula is C25H22N4O6S. The van der Waals surface area contributed by atoms with E-state index in [1.165, 1.54) is 19.2 Å². The number of rotatable bonds is 6. The van der Waals surface area contributed by atoms with E-state index in [2.05, 4.69) is 10.1 Å². The molecule has 1 aliphatic rings. The summed E-state index contributed by atoms with van der Waals surface area (Å²) in [5.41, 5.74) is 1.44. The van der Waals surface area contributed by atoms with Gasteiger partial charge in [-0.15, -0.1) is 0 Å². The summed E-state index contributed by atoms with van der Waals surface area (Å²) in [7, 11) is -2.54. The number of hydrogen-bond acceptors (Lipinski definition) is 8. The third-order valence-corrected chi connectivity index (χ3v) is 7.75. The first-order valence-electron chi connectivity index (χ1n) is 11.1. The number of nitrogens with zero attached hydrogens (tertiary/aromatic N) is 4. The molecule has 184 valence electrons. The number of aromatic nitrogens is 2. The van der Waals surface area contributed by atoms with E-state index in [4.69, 9.17) is 9.26 Å². The van der Waals surface area contributed by atoms with Crippen molar-refractivity contribution in [3.05, 3.63) is 72.1 Å². The van der Waals surface area contributed by atoms with Gasteiger partial charge in [-0.25, -0.2) is 8.42 Å². The number of fused-ring (bicyclic) bond motifs is 1. The number of carbonyl (C=O) groups excluding carboxylic acids is 2. The van der Waals surface area contributed by atoms with Crippen LogP contribution in [0.3, 0.4) is 0 Å². The highest BCUT2D eigenvalue weighted by Gasteiger charge is 2.37. The van der Waals surface area contributed by atoms with Gasteiger partial charge in [0.15, 0.2) is 0 Å². The Morgan fingerprint density at radius 3 is 2.28 bits per heavy atom. The molecule has 2 amide bonds. The Balaban J connectivity index is 1.32. The predicted molar refractivity (Wildman–Crippen MR) is 129 cm³/mol. The van der Waals surface area contributed by atoms with Crippen molar-refractivity contribution in [2.45, 2.75) is 18.4 Å². The second kappa shape index (κ2) is 9.17. The fourth-order valence-electron chi connectivity index (χ4n) is 4.01. The first-order valence-corrected chi connectivity index (χ1v) is 12.5. The van der Waals surface area contributed by atoms with E-state index >= 15 is 0 Å². The van der Waals surface area contributed by atoms with E-state index < -0.39 is 34.9 Å². The van der Waals surface area contributed by atoms with Crippen molar-refractivity contribution in [3.63, 3.8) is 0 Å². The van der Waals surface area contributed by atoms with E-state index in [-0.39, 0.29) is 11.4 Å². The van der Waals surface area contributed by atoms with E-state index in [1.807, 2.05) is 6.07 Å². The smallest absolute Gasteiger partial charge is 0.244 e. The van der Waals surface area contributed by atoms with E-state index in [1.54, 1.807) is 49.4 Å². The molecule has 4 aromatic rings. The quantitative estimate of drug-likeness (QED) is 0.366. The zero-order valence-electron chi connectivity index (χ0n) is 19.5. The van der Waals surface area contributed by atoms with Crippen molar-refractivity contribution in [2.75, 3.05) is 20.2 Å². The van der Waals surface area contributed by atoms with Gasteiger partial charge in [0.25, 0.3) is 0 Å². The van der Waals surface area contributed by atoms with Gasteiger partial charge in [-0.2, -0.15) is 9.29 Å². The molecule has 36 heavy (non-hydrogen) atoms. The van der Waals surface area contributed by atoms with Gasteiger partial charge in [0.1, 0.15) is 5.75 Å². The fraction of sp³-hybridized carbons (Fsp3) is 0.200. The molecule has 0 bridgehead atoms. The summed E-state index contributed by atoms with van der Waals surface area (Å²) in [4.78, 5) is 30.9. The summed E-state index contributed by atoms with van der Waals surface area (Å²) >= 11 is 0. The zero-order chi connectivity index (χ0) is 25.4. The summed E-state index contributed by atoms with van der Waals surface area (Å²) in [6, 6.07) is 17.1. The van der Waals surface area contributed by atoms with Crippen molar-refractivity contribution in [3.8, 4) is 17.1 Å². The Labute approximate surface area is 207 Å². The second-order valence-corrected chi connectivity index (χ2v) is 10.3. The lowest BCUT2D eigenvalue weighted by molar-refractivity contribution is -0.149. The highest BCUT2D eigenvalue weighted by molar-refractivity contribution is 7.89. The number of sulfonamides is 1. The third-order valence-electron chi connectivity index (χ3n) is 5.96. The Morgan fingerprint density at radius 2 is 1.64 bits per heavy atom. The maximum atomic E-state index is 13.3. The number of imide groups is 1. The molecule has 3 aromatic carbocycles. The molecule has 1 fully saturated rings. The van der Waals surface area contributed by atoms with E-state index in [9.17, 15) is 18.0 Å². The monoisotopic (exact) mass is 506 g/mol. The van der Waals surface area contributed by atoms with Crippen molar-refractivity contribution in [1.82, 2.24) is 19.3 Å². The predicted octanol–water partition coefficient (Wildman–Crippen LogP) is 2.77. The van der Waals surface area contributed by atoms with Gasteiger partial charge in [0.05, 0.1) is 31.6 Å². The molecule has 0 N–H and O–H groups in total. The van der Waals surface area contributed by atoms with Gasteiger partial charge in [0, 0.05) is 12.5 Å². The van der Waals surface area contributed by atoms with Crippen molar-refractivity contribution in [2.24, 2.45) is 0 Å². The topological polar surface area (TPSA) is 123 Å². The van der Waals surface area contributed by atoms with Crippen molar-refractivity contribution < 1.29 is 27.3 Å². The zero-order valence-corrected chi connectivity index (χ0v) is 20.4. The molecular weight excluding hydrogens is 484 g/mol. The van der Waals surface area contributed by atoms with Crippen LogP contribution in [-0.4, -0.2) is 59.8 Å². The summed E-state index contributed by atoms with van der Waals surface area (Å²) in [6.07, 6.45) is 0. The Kier molecular flexibility index (Phi) is 6.02. The Morgan fingerprint density at radius 1 is 0.944 bits per heavy atom. The van der Waals surface area contributed by atoms with Crippen LogP contribution in [-0.2, 0) is 26.2 Å². The maximum absolute atomic E-state index is 13.3. The molecule has 1 saturated heterocycles. The van der Waals surface area contributed by atoms with Crippen LogP contribution in [0.15, 0.2) is 70.1 Å². The molecule has 0 spiro atoms. The Hall–Kier alpha value is -4.09. The lowest BCUT2D eigenvalue weighted by Gasteiger charge is -2.32. The SMILES string of the molecule is COc1ccc2ccc(S(=O)(=O)N3CC(=O)N(Cc4ccc(-c5noc(C)n5)cc4)C(=O)C3)cc2c1.